The molecule has 0 heterocycles. The van der Waals surface area contributed by atoms with Gasteiger partial charge in [0.05, 0.1) is 13.2 Å². The number of esters is 1. The quantitative estimate of drug-likeness (QED) is 0.387. The maximum absolute atomic E-state index is 11.4. The van der Waals surface area contributed by atoms with Crippen LogP contribution >= 0.6 is 0 Å². The van der Waals surface area contributed by atoms with Gasteiger partial charge >= 0.3 is 5.97 Å². The Labute approximate surface area is 129 Å². The van der Waals surface area contributed by atoms with Gasteiger partial charge in [0.25, 0.3) is 0 Å². The van der Waals surface area contributed by atoms with Crippen molar-refractivity contribution in [3.8, 4) is 0 Å². The summed E-state index contributed by atoms with van der Waals surface area (Å²) in [4.78, 5) is 11.4. The van der Waals surface area contributed by atoms with Crippen LogP contribution in [0.3, 0.4) is 0 Å². The number of carbonyl (C=O) groups excluding carboxylic acids is 1. The number of benzene rings is 1. The topological polar surface area (TPSA) is 35.5 Å². The van der Waals surface area contributed by atoms with Gasteiger partial charge in [-0.25, -0.2) is 4.79 Å². The van der Waals surface area contributed by atoms with Gasteiger partial charge in [0.2, 0.25) is 0 Å². The molecule has 0 bridgehead atoms. The van der Waals surface area contributed by atoms with E-state index in [0.717, 1.165) is 18.1 Å². The highest BCUT2D eigenvalue weighted by atomic mass is 28.4. The molecule has 1 rings (SSSR count). The molecule has 21 heavy (non-hydrogen) atoms. The second kappa shape index (κ2) is 8.80. The normalized spacial score (nSPS) is 11.2. The van der Waals surface area contributed by atoms with E-state index >= 15 is 0 Å². The van der Waals surface area contributed by atoms with E-state index in [4.69, 9.17) is 9.16 Å². The Morgan fingerprint density at radius 2 is 1.81 bits per heavy atom. The summed E-state index contributed by atoms with van der Waals surface area (Å²) < 4.78 is 11.5. The molecular formula is C17H26O3Si. The van der Waals surface area contributed by atoms with Crippen molar-refractivity contribution in [1.82, 2.24) is 0 Å². The summed E-state index contributed by atoms with van der Waals surface area (Å²) in [6.07, 6.45) is 0. The van der Waals surface area contributed by atoms with E-state index in [2.05, 4.69) is 32.6 Å². The fraction of sp³-hybridized carbons (Fsp3) is 0.471. The maximum atomic E-state index is 11.4. The molecule has 0 unspecified atom stereocenters. The average Bonchev–Trinajstić information content (AvgIpc) is 2.51. The molecule has 1 aromatic rings. The first-order valence-electron chi connectivity index (χ1n) is 7.53. The van der Waals surface area contributed by atoms with Crippen LogP contribution in [0.4, 0.5) is 0 Å². The molecule has 0 atom stereocenters. The third kappa shape index (κ3) is 5.85. The molecule has 0 saturated carbocycles. The molecule has 116 valence electrons. The summed E-state index contributed by atoms with van der Waals surface area (Å²) in [7, 11) is -1.83. The first-order valence-corrected chi connectivity index (χ1v) is 10.1. The van der Waals surface area contributed by atoms with Gasteiger partial charge in [0.1, 0.15) is 0 Å². The number of ether oxygens (including phenoxy) is 1. The van der Waals surface area contributed by atoms with Crippen molar-refractivity contribution in [3.63, 3.8) is 0 Å². The Balaban J connectivity index is 2.53. The predicted octanol–water partition coefficient (Wildman–Crippen LogP) is 4.31. The van der Waals surface area contributed by atoms with E-state index < -0.39 is 8.32 Å². The lowest BCUT2D eigenvalue weighted by Crippen LogP contribution is -2.38. The zero-order chi connectivity index (χ0) is 15.7. The van der Waals surface area contributed by atoms with Gasteiger partial charge in [-0.3, -0.25) is 0 Å². The van der Waals surface area contributed by atoms with E-state index in [1.807, 2.05) is 18.2 Å². The Hall–Kier alpha value is -1.39. The van der Waals surface area contributed by atoms with Crippen LogP contribution in [0.2, 0.25) is 18.1 Å². The van der Waals surface area contributed by atoms with Gasteiger partial charge in [-0.15, -0.1) is 0 Å². The molecule has 0 aliphatic carbocycles. The lowest BCUT2D eigenvalue weighted by molar-refractivity contribution is -0.138. The molecule has 0 aliphatic heterocycles. The lowest BCUT2D eigenvalue weighted by Gasteiger charge is -2.29. The van der Waals surface area contributed by atoms with Crippen molar-refractivity contribution in [2.45, 2.75) is 45.5 Å². The summed E-state index contributed by atoms with van der Waals surface area (Å²) in [6.45, 7) is 10.7. The van der Waals surface area contributed by atoms with Gasteiger partial charge in [0, 0.05) is 11.6 Å². The van der Waals surface area contributed by atoms with E-state index in [1.165, 1.54) is 5.56 Å². The minimum absolute atomic E-state index is 0.312. The zero-order valence-corrected chi connectivity index (χ0v) is 14.4. The van der Waals surface area contributed by atoms with Crippen LogP contribution in [-0.4, -0.2) is 20.9 Å². The van der Waals surface area contributed by atoms with Gasteiger partial charge in [0.15, 0.2) is 8.32 Å². The first kappa shape index (κ1) is 17.7. The SMILES string of the molecule is C=C(C)C(=O)OCC[Si](CC)(CC)OCc1ccccc1. The molecule has 0 amide bonds. The van der Waals surface area contributed by atoms with Crippen LogP contribution in [0.15, 0.2) is 42.5 Å². The standard InChI is InChI=1S/C17H26O3Si/c1-5-21(6-2,13-12-19-17(18)15(3)4)20-14-16-10-8-7-9-11-16/h7-11H,3,5-6,12-14H2,1-2,4H3. The van der Waals surface area contributed by atoms with Gasteiger partial charge < -0.3 is 9.16 Å². The number of rotatable bonds is 9. The third-order valence-corrected chi connectivity index (χ3v) is 8.27. The van der Waals surface area contributed by atoms with Crippen molar-refractivity contribution in [3.05, 3.63) is 48.0 Å². The fourth-order valence-corrected chi connectivity index (χ4v) is 4.85. The van der Waals surface area contributed by atoms with E-state index in [0.29, 0.717) is 18.8 Å². The highest BCUT2D eigenvalue weighted by Crippen LogP contribution is 2.24. The summed E-state index contributed by atoms with van der Waals surface area (Å²) in [5.74, 6) is -0.312. The summed E-state index contributed by atoms with van der Waals surface area (Å²) in [5, 5.41) is 0. The zero-order valence-electron chi connectivity index (χ0n) is 13.4. The van der Waals surface area contributed by atoms with Crippen molar-refractivity contribution in [1.29, 1.82) is 0 Å². The first-order chi connectivity index (χ1) is 10.0. The highest BCUT2D eigenvalue weighted by Gasteiger charge is 2.31. The lowest BCUT2D eigenvalue weighted by atomic mass is 10.2. The summed E-state index contributed by atoms with van der Waals surface area (Å²) in [6, 6.07) is 13.1. The molecular weight excluding hydrogens is 280 g/mol. The van der Waals surface area contributed by atoms with Gasteiger partial charge in [-0.1, -0.05) is 50.8 Å². The number of hydrogen-bond donors (Lipinski definition) is 0. The molecule has 0 radical (unpaired) electrons. The Morgan fingerprint density at radius 3 is 2.33 bits per heavy atom. The van der Waals surface area contributed by atoms with E-state index in [-0.39, 0.29) is 5.97 Å². The molecule has 0 fully saturated rings. The third-order valence-electron chi connectivity index (χ3n) is 3.82. The van der Waals surface area contributed by atoms with Crippen LogP contribution in [-0.2, 0) is 20.6 Å². The van der Waals surface area contributed by atoms with Gasteiger partial charge in [-0.2, -0.15) is 0 Å². The van der Waals surface area contributed by atoms with E-state index in [1.54, 1.807) is 6.92 Å². The molecule has 0 N–H and O–H groups in total. The minimum atomic E-state index is -1.83. The Morgan fingerprint density at radius 1 is 1.19 bits per heavy atom. The largest absolute Gasteiger partial charge is 0.463 e. The van der Waals surface area contributed by atoms with Crippen molar-refractivity contribution in [2.75, 3.05) is 6.61 Å². The molecule has 3 nitrogen and oxygen atoms in total. The fourth-order valence-electron chi connectivity index (χ4n) is 2.14. The maximum Gasteiger partial charge on any atom is 0.333 e. The van der Waals surface area contributed by atoms with Crippen LogP contribution < -0.4 is 0 Å². The van der Waals surface area contributed by atoms with Gasteiger partial charge in [-0.05, 0) is 24.6 Å². The summed E-state index contributed by atoms with van der Waals surface area (Å²) in [5.41, 5.74) is 1.63. The second-order valence-electron chi connectivity index (χ2n) is 5.33. The molecule has 0 saturated heterocycles. The van der Waals surface area contributed by atoms with Crippen LogP contribution in [0.5, 0.6) is 0 Å². The molecule has 0 spiro atoms. The van der Waals surface area contributed by atoms with E-state index in [9.17, 15) is 4.79 Å². The van der Waals surface area contributed by atoms with Crippen LogP contribution in [0, 0.1) is 0 Å². The molecule has 0 aromatic heterocycles. The van der Waals surface area contributed by atoms with Crippen molar-refractivity contribution >= 4 is 14.3 Å². The smallest absolute Gasteiger partial charge is 0.333 e. The highest BCUT2D eigenvalue weighted by molar-refractivity contribution is 6.73. The molecule has 0 aliphatic rings. The van der Waals surface area contributed by atoms with Crippen molar-refractivity contribution in [2.24, 2.45) is 0 Å². The average molecular weight is 306 g/mol. The summed E-state index contributed by atoms with van der Waals surface area (Å²) >= 11 is 0. The Kier molecular flexibility index (Phi) is 7.40. The Bertz CT molecular complexity index is 452. The second-order valence-corrected chi connectivity index (χ2v) is 9.90. The van der Waals surface area contributed by atoms with Crippen LogP contribution in [0.25, 0.3) is 0 Å². The number of hydrogen-bond acceptors (Lipinski definition) is 3. The minimum Gasteiger partial charge on any atom is -0.463 e. The van der Waals surface area contributed by atoms with Crippen molar-refractivity contribution < 1.29 is 14.0 Å². The number of carbonyl (C=O) groups is 1. The molecule has 4 heteroatoms. The predicted molar refractivity (Wildman–Crippen MR) is 88.5 cm³/mol. The molecule has 1 aromatic carbocycles. The van der Waals surface area contributed by atoms with Crippen LogP contribution in [0.1, 0.15) is 26.3 Å². The monoisotopic (exact) mass is 306 g/mol.